The van der Waals surface area contributed by atoms with E-state index in [-0.39, 0.29) is 11.8 Å². The number of thioether (sulfide) groups is 1. The summed E-state index contributed by atoms with van der Waals surface area (Å²) in [5.74, 6) is 0.524. The zero-order valence-electron chi connectivity index (χ0n) is 14.8. The molecule has 25 heavy (non-hydrogen) atoms. The van der Waals surface area contributed by atoms with Crippen LogP contribution in [0.25, 0.3) is 0 Å². The summed E-state index contributed by atoms with van der Waals surface area (Å²) in [4.78, 5) is 29.6. The fourth-order valence-electron chi connectivity index (χ4n) is 2.88. The second-order valence-electron chi connectivity index (χ2n) is 6.05. The van der Waals surface area contributed by atoms with Gasteiger partial charge in [0.1, 0.15) is 6.04 Å². The van der Waals surface area contributed by atoms with E-state index < -0.39 is 6.04 Å². The van der Waals surface area contributed by atoms with Crippen molar-refractivity contribution >= 4 is 35.2 Å². The predicted molar refractivity (Wildman–Crippen MR) is 104 cm³/mol. The molecule has 138 valence electrons. The summed E-state index contributed by atoms with van der Waals surface area (Å²) in [5, 5.41) is 3.29. The lowest BCUT2D eigenvalue weighted by Gasteiger charge is -2.36. The van der Waals surface area contributed by atoms with Crippen molar-refractivity contribution in [2.45, 2.75) is 19.4 Å². The number of carbonyl (C=O) groups excluding carboxylic acids is 2. The van der Waals surface area contributed by atoms with Gasteiger partial charge >= 0.3 is 0 Å². The fourth-order valence-corrected chi connectivity index (χ4v) is 3.57. The molecule has 2 rings (SSSR count). The molecule has 1 fully saturated rings. The van der Waals surface area contributed by atoms with Crippen LogP contribution in [0.3, 0.4) is 0 Å². The van der Waals surface area contributed by atoms with E-state index in [1.165, 1.54) is 0 Å². The second-order valence-corrected chi connectivity index (χ2v) is 7.44. The number of likely N-dealkylation sites (N-methyl/N-ethyl adjacent to an activating group) is 1. The number of nitrogens with one attached hydrogen (secondary N) is 1. The molecule has 1 aliphatic heterocycles. The van der Waals surface area contributed by atoms with E-state index in [1.807, 2.05) is 11.2 Å². The maximum absolute atomic E-state index is 12.9. The summed E-state index contributed by atoms with van der Waals surface area (Å²) in [6, 6.07) is 6.39. The highest BCUT2D eigenvalue weighted by Crippen LogP contribution is 2.16. The van der Waals surface area contributed by atoms with Crippen LogP contribution in [0.15, 0.2) is 24.3 Å². The van der Waals surface area contributed by atoms with Gasteiger partial charge in [0.2, 0.25) is 5.91 Å². The van der Waals surface area contributed by atoms with Crippen LogP contribution in [-0.2, 0) is 4.79 Å². The maximum Gasteiger partial charge on any atom is 0.253 e. The molecule has 0 aliphatic carbocycles. The quantitative estimate of drug-likeness (QED) is 0.785. The Hall–Kier alpha value is -1.24. The Morgan fingerprint density at radius 3 is 2.52 bits per heavy atom. The molecule has 1 atom stereocenters. The number of nitrogens with zero attached hydrogens (tertiary/aromatic N) is 2. The van der Waals surface area contributed by atoms with Crippen molar-refractivity contribution in [2.24, 2.45) is 0 Å². The third-order valence-corrected chi connectivity index (χ3v) is 5.44. The van der Waals surface area contributed by atoms with E-state index in [9.17, 15) is 9.59 Å². The first-order valence-electron chi connectivity index (χ1n) is 8.62. The van der Waals surface area contributed by atoms with E-state index in [2.05, 4.69) is 17.1 Å². The highest BCUT2D eigenvalue weighted by atomic mass is 35.5. The van der Waals surface area contributed by atoms with Crippen molar-refractivity contribution in [3.8, 4) is 0 Å². The Balaban J connectivity index is 2.04. The molecule has 1 unspecified atom stereocenters. The molecule has 1 saturated heterocycles. The van der Waals surface area contributed by atoms with Gasteiger partial charge in [0.25, 0.3) is 5.91 Å². The molecule has 0 bridgehead atoms. The number of piperazine rings is 1. The van der Waals surface area contributed by atoms with Gasteiger partial charge in [0.15, 0.2) is 0 Å². The van der Waals surface area contributed by atoms with Gasteiger partial charge in [-0.15, -0.1) is 0 Å². The molecule has 5 nitrogen and oxygen atoms in total. The molecule has 7 heteroatoms. The van der Waals surface area contributed by atoms with Crippen molar-refractivity contribution in [3.63, 3.8) is 0 Å². The normalized spacial score (nSPS) is 16.5. The van der Waals surface area contributed by atoms with Gasteiger partial charge in [-0.3, -0.25) is 9.59 Å². The van der Waals surface area contributed by atoms with Gasteiger partial charge in [-0.25, -0.2) is 0 Å². The molecule has 0 saturated carbocycles. The number of amides is 2. The average molecular weight is 384 g/mol. The molecule has 0 radical (unpaired) electrons. The lowest BCUT2D eigenvalue weighted by molar-refractivity contribution is -0.135. The smallest absolute Gasteiger partial charge is 0.253 e. The van der Waals surface area contributed by atoms with Crippen molar-refractivity contribution in [3.05, 3.63) is 34.9 Å². The summed E-state index contributed by atoms with van der Waals surface area (Å²) in [6.45, 7) is 6.32. The summed E-state index contributed by atoms with van der Waals surface area (Å²) in [6.07, 6.45) is 2.61. The highest BCUT2D eigenvalue weighted by Gasteiger charge is 2.28. The van der Waals surface area contributed by atoms with Gasteiger partial charge in [0.05, 0.1) is 10.6 Å². The Morgan fingerprint density at radius 2 is 1.92 bits per heavy atom. The topological polar surface area (TPSA) is 52.6 Å². The zero-order valence-corrected chi connectivity index (χ0v) is 16.4. The van der Waals surface area contributed by atoms with E-state index in [0.717, 1.165) is 25.4 Å². The third kappa shape index (κ3) is 5.62. The molecule has 0 spiro atoms. The summed E-state index contributed by atoms with van der Waals surface area (Å²) in [7, 11) is 0. The lowest BCUT2D eigenvalue weighted by Crippen LogP contribution is -2.55. The van der Waals surface area contributed by atoms with E-state index in [4.69, 9.17) is 11.6 Å². The van der Waals surface area contributed by atoms with Crippen LogP contribution >= 0.6 is 23.4 Å². The first-order valence-corrected chi connectivity index (χ1v) is 10.4. The monoisotopic (exact) mass is 383 g/mol. The van der Waals surface area contributed by atoms with Crippen LogP contribution in [-0.4, -0.2) is 72.4 Å². The summed E-state index contributed by atoms with van der Waals surface area (Å²) >= 11 is 7.77. The Bertz CT molecular complexity index is 591. The molecule has 1 aromatic carbocycles. The van der Waals surface area contributed by atoms with Crippen LogP contribution in [0.2, 0.25) is 5.02 Å². The number of hydrogen-bond donors (Lipinski definition) is 1. The molecular weight excluding hydrogens is 358 g/mol. The SMILES string of the molecule is CCN1CCN(C(=O)C(CCSC)NC(=O)c2ccccc2Cl)CC1. The largest absolute Gasteiger partial charge is 0.340 e. The van der Waals surface area contributed by atoms with Gasteiger partial charge in [-0.05, 0) is 37.1 Å². The second kappa shape index (κ2) is 10.0. The number of hydrogen-bond acceptors (Lipinski definition) is 4. The Morgan fingerprint density at radius 1 is 1.24 bits per heavy atom. The minimum Gasteiger partial charge on any atom is -0.340 e. The standard InChI is InChI=1S/C18H26ClN3O2S/c1-3-21-9-11-22(12-10-21)18(24)16(8-13-25-2)20-17(23)14-6-4-5-7-15(14)19/h4-7,16H,3,8-13H2,1-2H3,(H,20,23). The Kier molecular flexibility index (Phi) is 8.06. The molecule has 1 aromatic rings. The maximum atomic E-state index is 12.9. The van der Waals surface area contributed by atoms with Gasteiger partial charge in [-0.1, -0.05) is 30.7 Å². The number of halogens is 1. The summed E-state index contributed by atoms with van der Waals surface area (Å²) in [5.41, 5.74) is 0.405. The average Bonchev–Trinajstić information content (AvgIpc) is 2.64. The Labute approximate surface area is 159 Å². The molecule has 1 aliphatic rings. The van der Waals surface area contributed by atoms with Crippen molar-refractivity contribution in [1.82, 2.24) is 15.1 Å². The molecule has 1 N–H and O–H groups in total. The fraction of sp³-hybridized carbons (Fsp3) is 0.556. The minimum atomic E-state index is -0.510. The highest BCUT2D eigenvalue weighted by molar-refractivity contribution is 7.98. The van der Waals surface area contributed by atoms with Crippen LogP contribution < -0.4 is 5.32 Å². The number of rotatable bonds is 7. The first-order chi connectivity index (χ1) is 12.1. The minimum absolute atomic E-state index is 0.00482. The van der Waals surface area contributed by atoms with Crippen LogP contribution in [0.1, 0.15) is 23.7 Å². The first kappa shape index (κ1) is 20.1. The van der Waals surface area contributed by atoms with Crippen LogP contribution in [0, 0.1) is 0 Å². The van der Waals surface area contributed by atoms with Gasteiger partial charge < -0.3 is 15.1 Å². The van der Waals surface area contributed by atoms with E-state index in [0.29, 0.717) is 30.1 Å². The van der Waals surface area contributed by atoms with Crippen LogP contribution in [0.5, 0.6) is 0 Å². The molecular formula is C18H26ClN3O2S. The van der Waals surface area contributed by atoms with E-state index >= 15 is 0 Å². The van der Waals surface area contributed by atoms with Crippen molar-refractivity contribution in [1.29, 1.82) is 0 Å². The van der Waals surface area contributed by atoms with E-state index in [1.54, 1.807) is 36.0 Å². The number of benzene rings is 1. The van der Waals surface area contributed by atoms with Gasteiger partial charge in [0, 0.05) is 26.2 Å². The van der Waals surface area contributed by atoms with Crippen molar-refractivity contribution in [2.75, 3.05) is 44.7 Å². The molecule has 2 amide bonds. The van der Waals surface area contributed by atoms with Crippen LogP contribution in [0.4, 0.5) is 0 Å². The lowest BCUT2D eigenvalue weighted by atomic mass is 10.1. The number of carbonyl (C=O) groups is 2. The molecule has 0 aromatic heterocycles. The summed E-state index contributed by atoms with van der Waals surface area (Å²) < 4.78 is 0. The third-order valence-electron chi connectivity index (χ3n) is 4.46. The van der Waals surface area contributed by atoms with Gasteiger partial charge in [-0.2, -0.15) is 11.8 Å². The predicted octanol–water partition coefficient (Wildman–Crippen LogP) is 2.36. The van der Waals surface area contributed by atoms with Crippen molar-refractivity contribution < 1.29 is 9.59 Å². The molecule has 1 heterocycles. The zero-order chi connectivity index (χ0) is 18.2.